The molecule has 594 valence electrons. The summed E-state index contributed by atoms with van der Waals surface area (Å²) in [5, 5.41) is 34.1. The van der Waals surface area contributed by atoms with Crippen LogP contribution in [0.4, 0.5) is 0 Å². The monoisotopic (exact) mass is 1690 g/mol. The van der Waals surface area contributed by atoms with E-state index in [9.17, 15) is 10.2 Å². The zero-order chi connectivity index (χ0) is 81.3. The van der Waals surface area contributed by atoms with Crippen LogP contribution in [0, 0.1) is 51.8 Å². The van der Waals surface area contributed by atoms with E-state index in [4.69, 9.17) is 32.7 Å². The van der Waals surface area contributed by atoms with Crippen LogP contribution in [0.25, 0.3) is 66.0 Å². The number of allylic oxidation sites excluding steroid dienone is 2. The fourth-order valence-electron chi connectivity index (χ4n) is 20.6. The summed E-state index contributed by atoms with van der Waals surface area (Å²) in [7, 11) is 0. The van der Waals surface area contributed by atoms with E-state index < -0.39 is 11.8 Å². The molecular weight excluding hydrogens is 1550 g/mol. The number of phenolic OH excluding ortho intramolecular Hbond substituents is 1. The maximum atomic E-state index is 14.7. The van der Waals surface area contributed by atoms with Gasteiger partial charge < -0.3 is 28.8 Å². The van der Waals surface area contributed by atoms with Gasteiger partial charge in [-0.2, -0.15) is 0 Å². The molecule has 2 heterocycles. The Morgan fingerprint density at radius 3 is 1.18 bits per heavy atom. The number of fused-ring (bicyclic) bond motifs is 6. The van der Waals surface area contributed by atoms with E-state index in [1.165, 1.54) is 22.3 Å². The summed E-state index contributed by atoms with van der Waals surface area (Å²) in [4.78, 5) is 0. The first-order chi connectivity index (χ1) is 49.6. The fraction of sp³-hybridized carbons (Fsp3) is 0.545. The van der Waals surface area contributed by atoms with Gasteiger partial charge >= 0.3 is 0 Å². The van der Waals surface area contributed by atoms with Gasteiger partial charge in [-0.15, -0.1) is 0 Å². The van der Waals surface area contributed by atoms with Crippen LogP contribution < -0.4 is 4.74 Å². The van der Waals surface area contributed by atoms with E-state index in [-0.39, 0.29) is 110 Å². The molecule has 7 aromatic carbocycles. The second-order valence-electron chi connectivity index (χ2n) is 44.7. The number of benzene rings is 7. The topological polar surface area (TPSA) is 68.8 Å². The van der Waals surface area contributed by atoms with Crippen molar-refractivity contribution < 1.29 is 45.5 Å². The van der Waals surface area contributed by atoms with Crippen molar-refractivity contribution >= 4 is 72.4 Å². The first-order valence-corrected chi connectivity index (χ1v) is 41.4. The van der Waals surface area contributed by atoms with Gasteiger partial charge in [-0.25, -0.2) is 0 Å². The summed E-state index contributed by atoms with van der Waals surface area (Å²) >= 11 is 14.4. The van der Waals surface area contributed by atoms with Gasteiger partial charge in [0.15, 0.2) is 0 Å². The van der Waals surface area contributed by atoms with E-state index in [0.717, 1.165) is 110 Å². The molecule has 1 aliphatic carbocycles. The molecule has 6 nitrogen and oxygen atoms in total. The number of ether oxygens (including phenoxy) is 2. The molecule has 0 aliphatic heterocycles. The van der Waals surface area contributed by atoms with Crippen LogP contribution in [0.15, 0.2) is 133 Å². The molecule has 2 aromatic heterocycles. The van der Waals surface area contributed by atoms with Gasteiger partial charge in [-0.05, 0) is 258 Å². The zero-order valence-electron chi connectivity index (χ0n) is 73.9. The Labute approximate surface area is 694 Å². The maximum absolute atomic E-state index is 14.7. The van der Waals surface area contributed by atoms with Crippen molar-refractivity contribution in [2.75, 3.05) is 13.2 Å². The number of nitrogens with zero attached hydrogens (tertiary/aromatic N) is 2. The SMILES string of the molecule is Cc1cc(Cl)cc(C2=CC(C(C)(C)CC(C)(C)C)=CC(n3c4ccc(C(C)(C)CC(C)(C)C)cc4c4cc(C(C)(C)CC(C)(C)C)ccc43)C2(O)OCCCOc2c(C)cc(Cl)cc2-c2cc(C(C)(C)CC(C)(C)C)cc(-n3c4ccc(C(C)(C)CC(C)(C)C)cc4c4cc(C(C)(C)CC(C)(C)C)ccc43)c2O)c1.[Hf]. The van der Waals surface area contributed by atoms with Gasteiger partial charge in [-0.3, -0.25) is 0 Å². The first-order valence-electron chi connectivity index (χ1n) is 40.7. The minimum atomic E-state index is -1.95. The number of hydrogen-bond acceptors (Lipinski definition) is 4. The second-order valence-corrected chi connectivity index (χ2v) is 45.6. The summed E-state index contributed by atoms with van der Waals surface area (Å²) in [6.07, 6.45) is 10.7. The number of phenols is 1. The zero-order valence-corrected chi connectivity index (χ0v) is 79.0. The van der Waals surface area contributed by atoms with Crippen LogP contribution in [0.3, 0.4) is 0 Å². The van der Waals surface area contributed by atoms with Crippen LogP contribution in [0.1, 0.15) is 303 Å². The summed E-state index contributed by atoms with van der Waals surface area (Å²) < 4.78 is 19.4. The smallest absolute Gasteiger partial charge is 0.218 e. The predicted molar refractivity (Wildman–Crippen MR) is 473 cm³/mol. The van der Waals surface area contributed by atoms with Gasteiger partial charge in [-0.1, -0.05) is 267 Å². The van der Waals surface area contributed by atoms with Gasteiger partial charge in [0.1, 0.15) is 17.5 Å². The van der Waals surface area contributed by atoms with E-state index in [0.29, 0.717) is 44.6 Å². The van der Waals surface area contributed by atoms with Crippen molar-refractivity contribution in [3.05, 3.63) is 188 Å². The molecular formula is C101H138Cl2HfN2O4. The van der Waals surface area contributed by atoms with Gasteiger partial charge in [0.2, 0.25) is 5.79 Å². The van der Waals surface area contributed by atoms with Crippen LogP contribution in [0.2, 0.25) is 10.0 Å². The first kappa shape index (κ1) is 88.5. The number of halogens is 2. The van der Waals surface area contributed by atoms with Crippen LogP contribution in [-0.2, 0) is 57.7 Å². The average Bonchev–Trinajstić information content (AvgIpc) is 1.48. The van der Waals surface area contributed by atoms with Crippen molar-refractivity contribution in [2.45, 2.75) is 305 Å². The molecule has 0 spiro atoms. The van der Waals surface area contributed by atoms with E-state index in [1.54, 1.807) is 0 Å². The Kier molecular flexibility index (Phi) is 24.7. The molecule has 0 radical (unpaired) electrons. The van der Waals surface area contributed by atoms with E-state index >= 15 is 0 Å². The Balaban J connectivity index is 0.0000139. The minimum Gasteiger partial charge on any atom is -0.505 e. The van der Waals surface area contributed by atoms with Crippen molar-refractivity contribution in [1.29, 1.82) is 0 Å². The summed E-state index contributed by atoms with van der Waals surface area (Å²) in [6.45, 7) is 74.7. The molecule has 0 saturated carbocycles. The molecule has 2 N–H and O–H groups in total. The summed E-state index contributed by atoms with van der Waals surface area (Å²) in [5.41, 5.74) is 15.9. The Morgan fingerprint density at radius 2 is 0.782 bits per heavy atom. The molecule has 0 fully saturated rings. The molecule has 0 bridgehead atoms. The van der Waals surface area contributed by atoms with Crippen molar-refractivity contribution in [3.8, 4) is 28.3 Å². The quantitative estimate of drug-likeness (QED) is 0.0403. The normalized spacial score (nSPS) is 16.5. The summed E-state index contributed by atoms with van der Waals surface area (Å²) in [5.74, 6) is -1.19. The number of rotatable bonds is 22. The number of aliphatic hydroxyl groups is 1. The number of aromatic hydroxyl groups is 1. The number of hydrogen-bond donors (Lipinski definition) is 2. The molecule has 0 amide bonds. The maximum Gasteiger partial charge on any atom is 0.218 e. The Hall–Kier alpha value is -5.41. The predicted octanol–water partition coefficient (Wildman–Crippen LogP) is 30.0. The van der Waals surface area contributed by atoms with Crippen LogP contribution in [0.5, 0.6) is 11.5 Å². The molecule has 2 atom stereocenters. The third-order valence-corrected chi connectivity index (χ3v) is 23.3. The minimum absolute atomic E-state index is 0. The third-order valence-electron chi connectivity index (χ3n) is 22.9. The molecule has 110 heavy (non-hydrogen) atoms. The van der Waals surface area contributed by atoms with Gasteiger partial charge in [0.05, 0.1) is 29.9 Å². The van der Waals surface area contributed by atoms with Gasteiger partial charge in [0.25, 0.3) is 0 Å². The molecule has 9 heteroatoms. The standard InChI is InChI=1S/C101H138Cl2N2O4.Hf/c1-63-44-65(47-72(102)45-63)80-53-71(100(31,32)62-94(18,19)20)55-86(105-83-40-36-68(97(25,26)59-91(9,10)11)50-76(83)77-51-69(37-41-84(77)105)98(27,28)60-92(12,13)14)101(80,107)109-43-33-42-108-88-64(2)46-73(103)56-79(88)78-52-70(99(29,30)61-93(15,16)17)54-85(87(78)106)104-81-38-34-66(95(21,22)57-89(3,4)5)48-74(81)75-49-67(35-39-82(75)104)96(23,24)58-90(6,7)8;/h34-41,44-56,86,106-107H,33,42-43,57-62H2,1-32H3;. The Morgan fingerprint density at radius 1 is 0.409 bits per heavy atom. The average molecular weight is 1690 g/mol. The molecule has 2 unspecified atom stereocenters. The van der Waals surface area contributed by atoms with E-state index in [2.05, 4.69) is 327 Å². The second kappa shape index (κ2) is 30.7. The molecule has 1 aliphatic rings. The van der Waals surface area contributed by atoms with Crippen LogP contribution in [-0.4, -0.2) is 38.3 Å². The fourth-order valence-corrected chi connectivity index (χ4v) is 21.2. The molecule has 0 saturated heterocycles. The summed E-state index contributed by atoms with van der Waals surface area (Å²) in [6, 6.07) is 41.9. The molecule has 10 rings (SSSR count). The van der Waals surface area contributed by atoms with E-state index in [1.807, 2.05) is 31.2 Å². The molecule has 9 aromatic rings. The Bertz CT molecular complexity index is 4790. The third kappa shape index (κ3) is 19.7. The number of aromatic nitrogens is 2. The van der Waals surface area contributed by atoms with Gasteiger partial charge in [0, 0.05) is 91.6 Å². The number of aryl methyl sites for hydroxylation is 2. The van der Waals surface area contributed by atoms with Crippen LogP contribution >= 0.6 is 23.2 Å². The largest absolute Gasteiger partial charge is 0.505 e. The van der Waals surface area contributed by atoms with Crippen molar-refractivity contribution in [1.82, 2.24) is 9.13 Å². The van der Waals surface area contributed by atoms with Crippen molar-refractivity contribution in [3.63, 3.8) is 0 Å². The van der Waals surface area contributed by atoms with Crippen molar-refractivity contribution in [2.24, 2.45) is 37.9 Å².